The number of nitrogens with two attached hydrogens (primary N) is 1. The smallest absolute Gasteiger partial charge is 0.203 e. The van der Waals surface area contributed by atoms with E-state index < -0.39 is 0 Å². The van der Waals surface area contributed by atoms with E-state index in [-0.39, 0.29) is 6.04 Å². The molecule has 0 spiro atoms. The van der Waals surface area contributed by atoms with Crippen molar-refractivity contribution in [3.63, 3.8) is 0 Å². The molecule has 1 unspecified atom stereocenters. The summed E-state index contributed by atoms with van der Waals surface area (Å²) in [5, 5.41) is 8.74. The van der Waals surface area contributed by atoms with Gasteiger partial charge in [-0.3, -0.25) is 9.25 Å². The number of imidazole rings is 1. The third-order valence-corrected chi connectivity index (χ3v) is 4.21. The van der Waals surface area contributed by atoms with Crippen LogP contribution in [-0.4, -0.2) is 19.3 Å². The summed E-state index contributed by atoms with van der Waals surface area (Å²) in [6.07, 6.45) is 0.862. The van der Waals surface area contributed by atoms with Gasteiger partial charge in [-0.15, -0.1) is 0 Å². The van der Waals surface area contributed by atoms with Gasteiger partial charge in [-0.2, -0.15) is 16.4 Å². The van der Waals surface area contributed by atoms with Gasteiger partial charge in [0.25, 0.3) is 0 Å². The van der Waals surface area contributed by atoms with Crippen molar-refractivity contribution >= 4 is 28.4 Å². The lowest BCUT2D eigenvalue weighted by molar-refractivity contribution is 0.637. The fourth-order valence-electron chi connectivity index (χ4n) is 2.50. The molecule has 3 aromatic rings. The first-order chi connectivity index (χ1) is 9.13. The van der Waals surface area contributed by atoms with Crippen LogP contribution in [0.4, 0.5) is 5.95 Å². The highest BCUT2D eigenvalue weighted by Crippen LogP contribution is 2.29. The number of aromatic nitrogens is 4. The van der Waals surface area contributed by atoms with Crippen LogP contribution < -0.4 is 5.73 Å². The first kappa shape index (κ1) is 12.2. The van der Waals surface area contributed by atoms with Gasteiger partial charge in [-0.05, 0) is 35.7 Å². The van der Waals surface area contributed by atoms with Crippen molar-refractivity contribution in [1.29, 1.82) is 0 Å². The molecule has 0 radical (unpaired) electrons. The maximum absolute atomic E-state index is 6.11. The quantitative estimate of drug-likeness (QED) is 0.799. The van der Waals surface area contributed by atoms with E-state index in [1.807, 2.05) is 11.7 Å². The largest absolute Gasteiger partial charge is 0.369 e. The van der Waals surface area contributed by atoms with Crippen molar-refractivity contribution in [2.75, 3.05) is 5.73 Å². The molecule has 0 fully saturated rings. The van der Waals surface area contributed by atoms with E-state index in [2.05, 4.69) is 45.3 Å². The molecular weight excluding hydrogens is 258 g/mol. The first-order valence-corrected chi connectivity index (χ1v) is 7.29. The van der Waals surface area contributed by atoms with E-state index in [1.165, 1.54) is 5.56 Å². The number of anilines is 1. The molecule has 0 amide bonds. The fourth-order valence-corrected chi connectivity index (χ4v) is 3.25. The zero-order chi connectivity index (χ0) is 13.6. The van der Waals surface area contributed by atoms with E-state index >= 15 is 0 Å². The molecular formula is C13H17N5S. The van der Waals surface area contributed by atoms with Crippen LogP contribution >= 0.6 is 11.3 Å². The molecule has 3 rings (SSSR count). The van der Waals surface area contributed by atoms with Gasteiger partial charge in [0.2, 0.25) is 5.95 Å². The highest BCUT2D eigenvalue weighted by molar-refractivity contribution is 7.07. The lowest BCUT2D eigenvalue weighted by Gasteiger charge is -2.14. The molecule has 1 atom stereocenters. The second-order valence-corrected chi connectivity index (χ2v) is 5.45. The number of nitrogen functional groups attached to an aromatic ring is 1. The van der Waals surface area contributed by atoms with Crippen LogP contribution in [0.15, 0.2) is 16.8 Å². The van der Waals surface area contributed by atoms with Gasteiger partial charge in [0.05, 0.1) is 11.7 Å². The lowest BCUT2D eigenvalue weighted by Crippen LogP contribution is -2.12. The summed E-state index contributed by atoms with van der Waals surface area (Å²) in [4.78, 5) is 4.50. The zero-order valence-corrected chi connectivity index (χ0v) is 12.1. The lowest BCUT2D eigenvalue weighted by atomic mass is 10.2. The summed E-state index contributed by atoms with van der Waals surface area (Å²) in [6.45, 7) is 4.22. The number of hydrogen-bond donors (Lipinski definition) is 1. The van der Waals surface area contributed by atoms with Crippen molar-refractivity contribution in [3.8, 4) is 0 Å². The zero-order valence-electron chi connectivity index (χ0n) is 11.3. The number of aryl methyl sites for hydroxylation is 2. The Morgan fingerprint density at radius 1 is 1.47 bits per heavy atom. The molecule has 0 aromatic carbocycles. The number of fused-ring (bicyclic) bond motifs is 1. The fraction of sp³-hybridized carbons (Fsp3) is 0.385. The van der Waals surface area contributed by atoms with Crippen LogP contribution in [0, 0.1) is 0 Å². The molecule has 6 heteroatoms. The minimum atomic E-state index is 0.163. The van der Waals surface area contributed by atoms with E-state index in [0.29, 0.717) is 5.95 Å². The van der Waals surface area contributed by atoms with Gasteiger partial charge in [0.15, 0.2) is 5.65 Å². The van der Waals surface area contributed by atoms with Gasteiger partial charge >= 0.3 is 0 Å². The molecule has 19 heavy (non-hydrogen) atoms. The highest BCUT2D eigenvalue weighted by Gasteiger charge is 2.21. The molecule has 5 nitrogen and oxygen atoms in total. The predicted molar refractivity (Wildman–Crippen MR) is 78.4 cm³/mol. The molecule has 0 aliphatic carbocycles. The molecule has 0 saturated carbocycles. The van der Waals surface area contributed by atoms with E-state index in [9.17, 15) is 0 Å². The molecule has 3 aromatic heterocycles. The second-order valence-electron chi connectivity index (χ2n) is 4.67. The van der Waals surface area contributed by atoms with Gasteiger partial charge in [0, 0.05) is 7.05 Å². The third kappa shape index (κ3) is 1.74. The van der Waals surface area contributed by atoms with Crippen molar-refractivity contribution in [2.45, 2.75) is 26.3 Å². The Hall–Kier alpha value is -1.82. The summed E-state index contributed by atoms with van der Waals surface area (Å²) >= 11 is 1.69. The average Bonchev–Trinajstić information content (AvgIpc) is 3.06. The van der Waals surface area contributed by atoms with Crippen LogP contribution in [-0.2, 0) is 13.5 Å². The third-order valence-electron chi connectivity index (χ3n) is 3.51. The summed E-state index contributed by atoms with van der Waals surface area (Å²) in [6, 6.07) is 2.29. The van der Waals surface area contributed by atoms with Crippen LogP contribution in [0.25, 0.3) is 11.2 Å². The maximum atomic E-state index is 6.11. The molecule has 0 aliphatic heterocycles. The second kappa shape index (κ2) is 4.38. The number of nitrogens with zero attached hydrogens (tertiary/aromatic N) is 4. The Kier molecular flexibility index (Phi) is 2.82. The summed E-state index contributed by atoms with van der Waals surface area (Å²) in [7, 11) is 1.94. The van der Waals surface area contributed by atoms with Gasteiger partial charge in [-0.1, -0.05) is 6.92 Å². The minimum absolute atomic E-state index is 0.163. The highest BCUT2D eigenvalue weighted by atomic mass is 32.1. The predicted octanol–water partition coefficient (Wildman–Crippen LogP) is 2.59. The molecule has 2 N–H and O–H groups in total. The Labute approximate surface area is 115 Å². The van der Waals surface area contributed by atoms with E-state index in [0.717, 1.165) is 23.3 Å². The first-order valence-electron chi connectivity index (χ1n) is 6.34. The van der Waals surface area contributed by atoms with Crippen molar-refractivity contribution in [3.05, 3.63) is 28.1 Å². The van der Waals surface area contributed by atoms with Gasteiger partial charge in [0.1, 0.15) is 5.52 Å². The Bertz CT molecular complexity index is 707. The van der Waals surface area contributed by atoms with E-state index in [1.54, 1.807) is 11.3 Å². The monoisotopic (exact) mass is 275 g/mol. The number of hydrogen-bond acceptors (Lipinski definition) is 4. The topological polar surface area (TPSA) is 61.7 Å². The van der Waals surface area contributed by atoms with Crippen LogP contribution in [0.3, 0.4) is 0 Å². The molecule has 0 bridgehead atoms. The standard InChI is InChI=1S/C13H17N5S/c1-4-10-11-12(17(3)16-10)18(13(14)15-11)8(2)9-5-6-19-7-9/h5-8H,4H2,1-3H3,(H2,14,15). The van der Waals surface area contributed by atoms with Crippen molar-refractivity contribution < 1.29 is 0 Å². The average molecular weight is 275 g/mol. The van der Waals surface area contributed by atoms with Crippen molar-refractivity contribution in [1.82, 2.24) is 19.3 Å². The number of rotatable bonds is 3. The Morgan fingerprint density at radius 2 is 2.26 bits per heavy atom. The van der Waals surface area contributed by atoms with Crippen molar-refractivity contribution in [2.24, 2.45) is 7.05 Å². The summed E-state index contributed by atoms with van der Waals surface area (Å²) in [5.74, 6) is 0.552. The Morgan fingerprint density at radius 3 is 2.89 bits per heavy atom. The Balaban J connectivity index is 2.23. The minimum Gasteiger partial charge on any atom is -0.369 e. The number of thiophene rings is 1. The van der Waals surface area contributed by atoms with Gasteiger partial charge in [-0.25, -0.2) is 4.98 Å². The SMILES string of the molecule is CCc1nn(C)c2c1nc(N)n2C(C)c1ccsc1. The van der Waals surface area contributed by atoms with Crippen LogP contribution in [0.5, 0.6) is 0 Å². The maximum Gasteiger partial charge on any atom is 0.203 e. The molecule has 0 aliphatic rings. The molecule has 3 heterocycles. The van der Waals surface area contributed by atoms with Gasteiger partial charge < -0.3 is 5.73 Å². The normalized spacial score (nSPS) is 13.2. The summed E-state index contributed by atoms with van der Waals surface area (Å²) in [5.41, 5.74) is 10.3. The summed E-state index contributed by atoms with van der Waals surface area (Å²) < 4.78 is 3.93. The van der Waals surface area contributed by atoms with E-state index in [4.69, 9.17) is 5.73 Å². The molecule has 0 saturated heterocycles. The van der Waals surface area contributed by atoms with Crippen LogP contribution in [0.1, 0.15) is 31.1 Å². The molecule has 100 valence electrons. The van der Waals surface area contributed by atoms with Crippen LogP contribution in [0.2, 0.25) is 0 Å².